The van der Waals surface area contributed by atoms with Crippen LogP contribution < -0.4 is 10.2 Å². The molecule has 2 heterocycles. The van der Waals surface area contributed by atoms with E-state index in [1.165, 1.54) is 7.11 Å². The molecule has 1 saturated heterocycles. The number of ether oxygens (including phenoxy) is 2. The molecule has 0 saturated carbocycles. The van der Waals surface area contributed by atoms with Crippen molar-refractivity contribution in [3.05, 3.63) is 35.5 Å². The lowest BCUT2D eigenvalue weighted by molar-refractivity contribution is -0.143. The standard InChI is InChI=1S/C20H21N3O6/c1-27-18(25)8-17(24)21-10-15-11-23(20(26)28-15)14-5-6-16-12(7-14)3-2-4-13-9-22-29-19(13)16/h5-7,9,15H,2-4,8,10-11H2,1H3,(H,21,24)/t15-/m0/s1. The fraction of sp³-hybridized carbons (Fsp3) is 0.400. The highest BCUT2D eigenvalue weighted by Crippen LogP contribution is 2.35. The van der Waals surface area contributed by atoms with Crippen LogP contribution in [0, 0.1) is 0 Å². The smallest absolute Gasteiger partial charge is 0.414 e. The zero-order valence-electron chi connectivity index (χ0n) is 16.0. The van der Waals surface area contributed by atoms with E-state index in [4.69, 9.17) is 9.26 Å². The Morgan fingerprint density at radius 2 is 2.14 bits per heavy atom. The second-order valence-electron chi connectivity index (χ2n) is 7.05. The van der Waals surface area contributed by atoms with Crippen molar-refractivity contribution in [3.63, 3.8) is 0 Å². The van der Waals surface area contributed by atoms with Gasteiger partial charge in [-0.25, -0.2) is 4.79 Å². The highest BCUT2D eigenvalue weighted by Gasteiger charge is 2.33. The summed E-state index contributed by atoms with van der Waals surface area (Å²) in [5.74, 6) is -0.300. The number of aromatic nitrogens is 1. The molecule has 152 valence electrons. The van der Waals surface area contributed by atoms with Gasteiger partial charge in [0.05, 0.1) is 26.4 Å². The third-order valence-electron chi connectivity index (χ3n) is 5.12. The first-order valence-electron chi connectivity index (χ1n) is 9.43. The van der Waals surface area contributed by atoms with Crippen molar-refractivity contribution in [2.45, 2.75) is 31.8 Å². The molecule has 2 aromatic rings. The van der Waals surface area contributed by atoms with Gasteiger partial charge in [0.1, 0.15) is 12.5 Å². The van der Waals surface area contributed by atoms with E-state index in [0.717, 1.165) is 47.4 Å². The summed E-state index contributed by atoms with van der Waals surface area (Å²) in [6.07, 6.45) is 3.19. The van der Waals surface area contributed by atoms with Crippen LogP contribution in [0.15, 0.2) is 28.9 Å². The molecule has 1 aliphatic heterocycles. The van der Waals surface area contributed by atoms with Gasteiger partial charge in [-0.05, 0) is 43.0 Å². The Hall–Kier alpha value is -3.36. The first kappa shape index (κ1) is 19.0. The Bertz CT molecular complexity index is 953. The molecule has 0 bridgehead atoms. The first-order chi connectivity index (χ1) is 14.0. The van der Waals surface area contributed by atoms with Gasteiger partial charge < -0.3 is 19.3 Å². The molecule has 0 spiro atoms. The lowest BCUT2D eigenvalue weighted by atomic mass is 10.0. The molecule has 1 N–H and O–H groups in total. The Balaban J connectivity index is 1.43. The van der Waals surface area contributed by atoms with Crippen molar-refractivity contribution in [1.82, 2.24) is 10.5 Å². The predicted molar refractivity (Wildman–Crippen MR) is 101 cm³/mol. The molecule has 1 fully saturated rings. The number of esters is 1. The number of anilines is 1. The molecule has 4 rings (SSSR count). The fourth-order valence-corrected chi connectivity index (χ4v) is 3.64. The van der Waals surface area contributed by atoms with Crippen LogP contribution in [-0.4, -0.2) is 49.4 Å². The van der Waals surface area contributed by atoms with Crippen molar-refractivity contribution < 1.29 is 28.4 Å². The van der Waals surface area contributed by atoms with E-state index in [2.05, 4.69) is 15.2 Å². The number of methoxy groups -OCH3 is 1. The van der Waals surface area contributed by atoms with E-state index in [-0.39, 0.29) is 13.0 Å². The summed E-state index contributed by atoms with van der Waals surface area (Å²) in [7, 11) is 1.22. The topological polar surface area (TPSA) is 111 Å². The average Bonchev–Trinajstić information content (AvgIpc) is 3.28. The molecule has 0 unspecified atom stereocenters. The highest BCUT2D eigenvalue weighted by molar-refractivity contribution is 5.94. The number of cyclic esters (lactones) is 1. The molecule has 9 nitrogen and oxygen atoms in total. The summed E-state index contributed by atoms with van der Waals surface area (Å²) in [6, 6.07) is 5.78. The van der Waals surface area contributed by atoms with Gasteiger partial charge in [-0.3, -0.25) is 14.5 Å². The summed E-state index contributed by atoms with van der Waals surface area (Å²) < 4.78 is 15.2. The van der Waals surface area contributed by atoms with E-state index in [9.17, 15) is 14.4 Å². The summed E-state index contributed by atoms with van der Waals surface area (Å²) in [5.41, 5.74) is 3.93. The van der Waals surface area contributed by atoms with Crippen LogP contribution in [0.25, 0.3) is 11.3 Å². The molecule has 1 atom stereocenters. The normalized spacial score (nSPS) is 17.8. The van der Waals surface area contributed by atoms with Gasteiger partial charge in [0.2, 0.25) is 5.91 Å². The van der Waals surface area contributed by atoms with Crippen molar-refractivity contribution in [1.29, 1.82) is 0 Å². The zero-order chi connectivity index (χ0) is 20.4. The average molecular weight is 399 g/mol. The monoisotopic (exact) mass is 399 g/mol. The van der Waals surface area contributed by atoms with E-state index < -0.39 is 24.1 Å². The fourth-order valence-electron chi connectivity index (χ4n) is 3.64. The number of amides is 2. The van der Waals surface area contributed by atoms with Gasteiger partial charge in [0.25, 0.3) is 0 Å². The minimum absolute atomic E-state index is 0.129. The Labute approximate surface area is 166 Å². The van der Waals surface area contributed by atoms with Crippen LogP contribution in [0.5, 0.6) is 0 Å². The quantitative estimate of drug-likeness (QED) is 0.603. The van der Waals surface area contributed by atoms with Gasteiger partial charge >= 0.3 is 12.1 Å². The van der Waals surface area contributed by atoms with Gasteiger partial charge in [0, 0.05) is 16.8 Å². The summed E-state index contributed by atoms with van der Waals surface area (Å²) in [4.78, 5) is 36.7. The van der Waals surface area contributed by atoms with Gasteiger partial charge in [-0.1, -0.05) is 5.16 Å². The maximum Gasteiger partial charge on any atom is 0.414 e. The molecule has 9 heteroatoms. The minimum Gasteiger partial charge on any atom is -0.469 e. The van der Waals surface area contributed by atoms with Gasteiger partial charge in [-0.15, -0.1) is 0 Å². The van der Waals surface area contributed by atoms with Crippen molar-refractivity contribution in [2.75, 3.05) is 25.1 Å². The Morgan fingerprint density at radius 3 is 2.97 bits per heavy atom. The lowest BCUT2D eigenvalue weighted by Crippen LogP contribution is -2.35. The Kier molecular flexibility index (Phi) is 5.20. The molecular formula is C20H21N3O6. The van der Waals surface area contributed by atoms with E-state index in [0.29, 0.717) is 6.54 Å². The van der Waals surface area contributed by atoms with Crippen LogP contribution in [0.1, 0.15) is 24.0 Å². The number of rotatable bonds is 5. The number of nitrogens with zero attached hydrogens (tertiary/aromatic N) is 2. The lowest BCUT2D eigenvalue weighted by Gasteiger charge is -2.15. The molecule has 1 aliphatic carbocycles. The number of carbonyl (C=O) groups excluding carboxylic acids is 3. The third-order valence-corrected chi connectivity index (χ3v) is 5.12. The second-order valence-corrected chi connectivity index (χ2v) is 7.05. The largest absolute Gasteiger partial charge is 0.469 e. The number of fused-ring (bicyclic) bond motifs is 3. The van der Waals surface area contributed by atoms with Crippen LogP contribution in [0.3, 0.4) is 0 Å². The zero-order valence-corrected chi connectivity index (χ0v) is 16.0. The number of hydrogen-bond donors (Lipinski definition) is 1. The number of hydrogen-bond acceptors (Lipinski definition) is 7. The van der Waals surface area contributed by atoms with Crippen molar-refractivity contribution in [3.8, 4) is 11.3 Å². The number of aryl methyl sites for hydroxylation is 2. The van der Waals surface area contributed by atoms with Crippen molar-refractivity contribution in [2.24, 2.45) is 0 Å². The SMILES string of the molecule is COC(=O)CC(=O)NC[C@H]1CN(c2ccc3c(c2)CCCc2cnoc2-3)C(=O)O1. The minimum atomic E-state index is -0.618. The Morgan fingerprint density at radius 1 is 1.31 bits per heavy atom. The van der Waals surface area contributed by atoms with E-state index in [1.54, 1.807) is 11.1 Å². The summed E-state index contributed by atoms with van der Waals surface area (Å²) in [6.45, 7) is 0.439. The summed E-state index contributed by atoms with van der Waals surface area (Å²) in [5, 5.41) is 6.49. The molecule has 0 radical (unpaired) electrons. The molecule has 1 aromatic heterocycles. The molecule has 29 heavy (non-hydrogen) atoms. The molecule has 1 aromatic carbocycles. The second kappa shape index (κ2) is 7.94. The summed E-state index contributed by atoms with van der Waals surface area (Å²) >= 11 is 0. The van der Waals surface area contributed by atoms with Gasteiger partial charge in [0.15, 0.2) is 5.76 Å². The highest BCUT2D eigenvalue weighted by atomic mass is 16.6. The molecular weight excluding hydrogens is 378 g/mol. The van der Waals surface area contributed by atoms with Crippen LogP contribution in [0.4, 0.5) is 10.5 Å². The maximum atomic E-state index is 12.3. The molecule has 2 amide bonds. The molecule has 2 aliphatic rings. The van der Waals surface area contributed by atoms with E-state index in [1.807, 2.05) is 18.2 Å². The van der Waals surface area contributed by atoms with Crippen LogP contribution in [0.2, 0.25) is 0 Å². The predicted octanol–water partition coefficient (Wildman–Crippen LogP) is 1.83. The van der Waals surface area contributed by atoms with Crippen LogP contribution >= 0.6 is 0 Å². The third kappa shape index (κ3) is 3.94. The number of benzene rings is 1. The number of nitrogens with one attached hydrogen (secondary N) is 1. The van der Waals surface area contributed by atoms with Gasteiger partial charge in [-0.2, -0.15) is 0 Å². The van der Waals surface area contributed by atoms with Crippen molar-refractivity contribution >= 4 is 23.7 Å². The van der Waals surface area contributed by atoms with Crippen LogP contribution in [-0.2, 0) is 31.9 Å². The maximum absolute atomic E-state index is 12.3. The first-order valence-corrected chi connectivity index (χ1v) is 9.43. The number of carbonyl (C=O) groups is 3. The van der Waals surface area contributed by atoms with E-state index >= 15 is 0 Å².